The Morgan fingerprint density at radius 1 is 0.947 bits per heavy atom. The highest BCUT2D eigenvalue weighted by Gasteiger charge is 2.58. The van der Waals surface area contributed by atoms with E-state index < -0.39 is 5.60 Å². The van der Waals surface area contributed by atoms with Crippen molar-refractivity contribution in [1.82, 2.24) is 0 Å². The molecule has 1 heteroatoms. The van der Waals surface area contributed by atoms with Gasteiger partial charge >= 0.3 is 0 Å². The van der Waals surface area contributed by atoms with E-state index in [-0.39, 0.29) is 5.92 Å². The summed E-state index contributed by atoms with van der Waals surface area (Å²) in [6, 6.07) is 10.6. The molecule has 4 fully saturated rings. The molecule has 0 radical (unpaired) electrons. The van der Waals surface area contributed by atoms with Crippen molar-refractivity contribution < 1.29 is 5.11 Å². The molecule has 0 aliphatic heterocycles. The first-order valence-electron chi connectivity index (χ1n) is 7.95. The number of hydrogen-bond donors (Lipinski definition) is 1. The molecule has 0 saturated heterocycles. The van der Waals surface area contributed by atoms with Crippen LogP contribution in [0.1, 0.15) is 50.5 Å². The van der Waals surface area contributed by atoms with Gasteiger partial charge in [-0.2, -0.15) is 0 Å². The number of aliphatic hydroxyl groups is 1. The average Bonchev–Trinajstić information content (AvgIpc) is 2.44. The van der Waals surface area contributed by atoms with Crippen LogP contribution < -0.4 is 0 Å². The van der Waals surface area contributed by atoms with Crippen LogP contribution >= 0.6 is 0 Å². The van der Waals surface area contributed by atoms with Crippen LogP contribution in [-0.2, 0) is 0 Å². The quantitative estimate of drug-likeness (QED) is 0.848. The lowest BCUT2D eigenvalue weighted by molar-refractivity contribution is -0.183. The third-order valence-electron chi connectivity index (χ3n) is 6.44. The van der Waals surface area contributed by atoms with E-state index in [1.54, 1.807) is 0 Å². The van der Waals surface area contributed by atoms with Crippen molar-refractivity contribution in [3.05, 3.63) is 35.9 Å². The second kappa shape index (κ2) is 4.09. The predicted octanol–water partition coefficient (Wildman–Crippen LogP) is 3.98. The van der Waals surface area contributed by atoms with Gasteiger partial charge in [-0.25, -0.2) is 0 Å². The van der Waals surface area contributed by atoms with E-state index in [0.29, 0.717) is 11.8 Å². The fraction of sp³-hybridized carbons (Fsp3) is 0.667. The SMILES string of the molecule is CC(c1ccccc1)C1(O)C2CC3CC(C2)CC1C3. The normalized spacial score (nSPS) is 45.4. The Labute approximate surface area is 116 Å². The summed E-state index contributed by atoms with van der Waals surface area (Å²) in [7, 11) is 0. The summed E-state index contributed by atoms with van der Waals surface area (Å²) >= 11 is 0. The van der Waals surface area contributed by atoms with Crippen LogP contribution in [0.3, 0.4) is 0 Å². The molecule has 4 saturated carbocycles. The molecule has 0 spiro atoms. The Morgan fingerprint density at radius 3 is 2.00 bits per heavy atom. The van der Waals surface area contributed by atoms with Crippen LogP contribution in [0.5, 0.6) is 0 Å². The molecule has 0 heterocycles. The van der Waals surface area contributed by atoms with Gasteiger partial charge < -0.3 is 5.11 Å². The van der Waals surface area contributed by atoms with Gasteiger partial charge in [-0.3, -0.25) is 0 Å². The van der Waals surface area contributed by atoms with Crippen LogP contribution in [0.2, 0.25) is 0 Å². The van der Waals surface area contributed by atoms with Crippen molar-refractivity contribution in [2.45, 2.75) is 50.5 Å². The third kappa shape index (κ3) is 1.64. The molecule has 4 aliphatic carbocycles. The topological polar surface area (TPSA) is 20.2 Å². The van der Waals surface area contributed by atoms with Gasteiger partial charge in [0.05, 0.1) is 5.60 Å². The Hall–Kier alpha value is -0.820. The molecule has 0 amide bonds. The summed E-state index contributed by atoms with van der Waals surface area (Å²) in [6.45, 7) is 2.25. The molecule has 4 aliphatic rings. The Morgan fingerprint density at radius 2 is 1.47 bits per heavy atom. The average molecular weight is 256 g/mol. The zero-order valence-corrected chi connectivity index (χ0v) is 11.8. The second-order valence-electron chi connectivity index (χ2n) is 7.32. The fourth-order valence-corrected chi connectivity index (χ4v) is 5.65. The lowest BCUT2D eigenvalue weighted by Crippen LogP contribution is -2.59. The summed E-state index contributed by atoms with van der Waals surface area (Å²) in [6.07, 6.45) is 6.56. The highest BCUT2D eigenvalue weighted by molar-refractivity contribution is 5.25. The molecule has 102 valence electrons. The monoisotopic (exact) mass is 256 g/mol. The molecule has 1 aromatic rings. The highest BCUT2D eigenvalue weighted by atomic mass is 16.3. The van der Waals surface area contributed by atoms with Gasteiger partial charge in [-0.15, -0.1) is 0 Å². The van der Waals surface area contributed by atoms with E-state index in [1.165, 1.54) is 37.7 Å². The van der Waals surface area contributed by atoms with Gasteiger partial charge in [0, 0.05) is 5.92 Å². The molecule has 5 rings (SSSR count). The van der Waals surface area contributed by atoms with E-state index in [4.69, 9.17) is 0 Å². The smallest absolute Gasteiger partial charge is 0.0769 e. The van der Waals surface area contributed by atoms with E-state index in [0.717, 1.165) is 11.8 Å². The van der Waals surface area contributed by atoms with Crippen molar-refractivity contribution >= 4 is 0 Å². The maximum atomic E-state index is 11.5. The number of benzene rings is 1. The maximum absolute atomic E-state index is 11.5. The predicted molar refractivity (Wildman–Crippen MR) is 76.9 cm³/mol. The largest absolute Gasteiger partial charge is 0.389 e. The molecule has 1 atom stereocenters. The second-order valence-corrected chi connectivity index (χ2v) is 7.32. The first-order valence-corrected chi connectivity index (χ1v) is 7.95. The maximum Gasteiger partial charge on any atom is 0.0769 e. The Balaban J connectivity index is 1.69. The van der Waals surface area contributed by atoms with Gasteiger partial charge in [-0.1, -0.05) is 37.3 Å². The van der Waals surface area contributed by atoms with Crippen LogP contribution in [0.15, 0.2) is 30.3 Å². The first kappa shape index (κ1) is 12.0. The van der Waals surface area contributed by atoms with Crippen molar-refractivity contribution in [2.75, 3.05) is 0 Å². The minimum absolute atomic E-state index is 0.281. The van der Waals surface area contributed by atoms with Gasteiger partial charge in [-0.05, 0) is 61.3 Å². The zero-order valence-electron chi connectivity index (χ0n) is 11.8. The number of rotatable bonds is 2. The summed E-state index contributed by atoms with van der Waals surface area (Å²) in [5, 5.41) is 11.5. The molecular formula is C18H24O. The molecule has 1 unspecified atom stereocenters. The standard InChI is InChI=1S/C18H24O/c1-12(15-5-3-2-4-6-15)18(19)16-8-13-7-14(10-16)11-17(18)9-13/h2-6,12-14,16-17,19H,7-11H2,1H3. The van der Waals surface area contributed by atoms with Crippen LogP contribution in [0.25, 0.3) is 0 Å². The van der Waals surface area contributed by atoms with Crippen molar-refractivity contribution in [2.24, 2.45) is 23.7 Å². The minimum atomic E-state index is -0.436. The first-order chi connectivity index (χ1) is 9.18. The Bertz CT molecular complexity index is 436. The van der Waals surface area contributed by atoms with Gasteiger partial charge in [0.1, 0.15) is 0 Å². The van der Waals surface area contributed by atoms with Gasteiger partial charge in [0.15, 0.2) is 0 Å². The summed E-state index contributed by atoms with van der Waals surface area (Å²) < 4.78 is 0. The van der Waals surface area contributed by atoms with Crippen LogP contribution in [0.4, 0.5) is 0 Å². The Kier molecular flexibility index (Phi) is 2.57. The van der Waals surface area contributed by atoms with Crippen molar-refractivity contribution in [3.8, 4) is 0 Å². The van der Waals surface area contributed by atoms with Gasteiger partial charge in [0.2, 0.25) is 0 Å². The third-order valence-corrected chi connectivity index (χ3v) is 6.44. The summed E-state index contributed by atoms with van der Waals surface area (Å²) in [5.41, 5.74) is 0.881. The van der Waals surface area contributed by atoms with E-state index in [1.807, 2.05) is 0 Å². The molecule has 4 bridgehead atoms. The lowest BCUT2D eigenvalue weighted by Gasteiger charge is -2.61. The van der Waals surface area contributed by atoms with Crippen molar-refractivity contribution in [1.29, 1.82) is 0 Å². The summed E-state index contributed by atoms with van der Waals surface area (Å²) in [5.74, 6) is 3.23. The van der Waals surface area contributed by atoms with E-state index in [2.05, 4.69) is 37.3 Å². The minimum Gasteiger partial charge on any atom is -0.389 e. The van der Waals surface area contributed by atoms with E-state index >= 15 is 0 Å². The zero-order chi connectivity index (χ0) is 13.0. The van der Waals surface area contributed by atoms with Crippen LogP contribution in [-0.4, -0.2) is 10.7 Å². The lowest BCUT2D eigenvalue weighted by atomic mass is 9.47. The number of hydrogen-bond acceptors (Lipinski definition) is 1. The molecular weight excluding hydrogens is 232 g/mol. The van der Waals surface area contributed by atoms with Crippen molar-refractivity contribution in [3.63, 3.8) is 0 Å². The molecule has 19 heavy (non-hydrogen) atoms. The molecule has 1 N–H and O–H groups in total. The summed E-state index contributed by atoms with van der Waals surface area (Å²) in [4.78, 5) is 0. The highest BCUT2D eigenvalue weighted by Crippen LogP contribution is 2.61. The van der Waals surface area contributed by atoms with Gasteiger partial charge in [0.25, 0.3) is 0 Å². The molecule has 1 aromatic carbocycles. The fourth-order valence-electron chi connectivity index (χ4n) is 5.65. The van der Waals surface area contributed by atoms with Crippen LogP contribution in [0, 0.1) is 23.7 Å². The molecule has 1 nitrogen and oxygen atoms in total. The molecule has 0 aromatic heterocycles. The van der Waals surface area contributed by atoms with E-state index in [9.17, 15) is 5.11 Å².